The molecule has 26 heavy (non-hydrogen) atoms. The summed E-state index contributed by atoms with van der Waals surface area (Å²) in [5.41, 5.74) is 2.84. The number of likely N-dealkylation sites (N-methyl/N-ethyl adjacent to an activating group) is 1. The smallest absolute Gasteiger partial charge is 0.279 e. The third kappa shape index (κ3) is 3.31. The molecule has 0 radical (unpaired) electrons. The molecule has 0 saturated heterocycles. The number of hydrogen-bond donors (Lipinski definition) is 0. The van der Waals surface area contributed by atoms with Crippen LogP contribution in [0.5, 0.6) is 11.5 Å². The van der Waals surface area contributed by atoms with Gasteiger partial charge in [0.05, 0.1) is 25.6 Å². The van der Waals surface area contributed by atoms with Crippen LogP contribution < -0.4 is 14.4 Å². The Hall–Kier alpha value is -3.15. The summed E-state index contributed by atoms with van der Waals surface area (Å²) in [4.78, 5) is 14.2. The van der Waals surface area contributed by atoms with Crippen LogP contribution in [0.3, 0.4) is 0 Å². The summed E-state index contributed by atoms with van der Waals surface area (Å²) in [5.74, 6) is 1.18. The van der Waals surface area contributed by atoms with E-state index in [1.807, 2.05) is 56.3 Å². The molecule has 1 aliphatic heterocycles. The summed E-state index contributed by atoms with van der Waals surface area (Å²) >= 11 is 0. The molecule has 6 nitrogen and oxygen atoms in total. The zero-order valence-corrected chi connectivity index (χ0v) is 15.1. The van der Waals surface area contributed by atoms with Crippen LogP contribution in [0.2, 0.25) is 0 Å². The molecule has 0 aromatic heterocycles. The third-order valence-electron chi connectivity index (χ3n) is 4.07. The standard InChI is InChI=1S/C20H21N3O3/c1-4-23-16-9-7-6-8-15(16)19(20(23)24)22-21-13-14-10-11-17(26-5-2)18(12-14)25-3/h6-13H,4-5H2,1-3H3/b21-13-,22-19-. The Morgan fingerprint density at radius 2 is 1.92 bits per heavy atom. The van der Waals surface area contributed by atoms with Gasteiger partial charge >= 0.3 is 0 Å². The molecule has 0 N–H and O–H groups in total. The molecule has 0 unspecified atom stereocenters. The average molecular weight is 351 g/mol. The summed E-state index contributed by atoms with van der Waals surface area (Å²) in [6, 6.07) is 13.1. The Morgan fingerprint density at radius 1 is 1.12 bits per heavy atom. The van der Waals surface area contributed by atoms with E-state index in [0.29, 0.717) is 30.4 Å². The molecule has 6 heteroatoms. The minimum absolute atomic E-state index is 0.130. The minimum Gasteiger partial charge on any atom is -0.493 e. The minimum atomic E-state index is -0.130. The Kier molecular flexibility index (Phi) is 5.31. The number of benzene rings is 2. The number of rotatable bonds is 6. The summed E-state index contributed by atoms with van der Waals surface area (Å²) in [6.07, 6.45) is 1.59. The molecule has 2 aromatic rings. The second kappa shape index (κ2) is 7.82. The lowest BCUT2D eigenvalue weighted by atomic mass is 10.1. The highest BCUT2D eigenvalue weighted by Crippen LogP contribution is 2.29. The fourth-order valence-corrected chi connectivity index (χ4v) is 2.86. The van der Waals surface area contributed by atoms with Gasteiger partial charge in [0.25, 0.3) is 5.91 Å². The number of carbonyl (C=O) groups is 1. The summed E-state index contributed by atoms with van der Waals surface area (Å²) in [7, 11) is 1.59. The quantitative estimate of drug-likeness (QED) is 0.593. The highest BCUT2D eigenvalue weighted by atomic mass is 16.5. The van der Waals surface area contributed by atoms with E-state index in [1.165, 1.54) is 0 Å². The van der Waals surface area contributed by atoms with Crippen LogP contribution in [0.1, 0.15) is 25.0 Å². The number of hydrogen-bond acceptors (Lipinski definition) is 5. The van der Waals surface area contributed by atoms with Crippen LogP contribution in [0.25, 0.3) is 0 Å². The van der Waals surface area contributed by atoms with Gasteiger partial charge < -0.3 is 14.4 Å². The first-order chi connectivity index (χ1) is 12.7. The maximum absolute atomic E-state index is 12.5. The van der Waals surface area contributed by atoms with E-state index in [2.05, 4.69) is 10.2 Å². The molecule has 1 aliphatic rings. The van der Waals surface area contributed by atoms with Crippen LogP contribution in [0, 0.1) is 0 Å². The van der Waals surface area contributed by atoms with Crippen molar-refractivity contribution in [1.82, 2.24) is 0 Å². The Morgan fingerprint density at radius 3 is 2.65 bits per heavy atom. The summed E-state index contributed by atoms with van der Waals surface area (Å²) < 4.78 is 10.8. The topological polar surface area (TPSA) is 63.5 Å². The van der Waals surface area contributed by atoms with Crippen molar-refractivity contribution in [1.29, 1.82) is 0 Å². The second-order valence-electron chi connectivity index (χ2n) is 5.60. The van der Waals surface area contributed by atoms with E-state index in [1.54, 1.807) is 18.2 Å². The van der Waals surface area contributed by atoms with Gasteiger partial charge in [0.1, 0.15) is 0 Å². The zero-order valence-electron chi connectivity index (χ0n) is 15.1. The number of methoxy groups -OCH3 is 1. The molecule has 3 rings (SSSR count). The van der Waals surface area contributed by atoms with Gasteiger partial charge in [-0.2, -0.15) is 5.10 Å². The molecule has 1 heterocycles. The van der Waals surface area contributed by atoms with Gasteiger partial charge in [-0.15, -0.1) is 5.10 Å². The molecule has 0 atom stereocenters. The lowest BCUT2D eigenvalue weighted by Crippen LogP contribution is -2.29. The molecular formula is C20H21N3O3. The van der Waals surface area contributed by atoms with Crippen molar-refractivity contribution in [2.24, 2.45) is 10.2 Å². The number of fused-ring (bicyclic) bond motifs is 1. The largest absolute Gasteiger partial charge is 0.493 e. The van der Waals surface area contributed by atoms with E-state index in [-0.39, 0.29) is 5.91 Å². The SMILES string of the molecule is CCOc1ccc(/C=N\N=C2/C(=O)N(CC)c3ccccc32)cc1OC. The molecule has 0 bridgehead atoms. The van der Waals surface area contributed by atoms with Crippen molar-refractivity contribution >= 4 is 23.5 Å². The van der Waals surface area contributed by atoms with Crippen molar-refractivity contribution in [3.05, 3.63) is 53.6 Å². The Bertz CT molecular complexity index is 874. The summed E-state index contributed by atoms with van der Waals surface area (Å²) in [5, 5.41) is 8.29. The predicted octanol–water partition coefficient (Wildman–Crippen LogP) is 3.28. The Balaban J connectivity index is 1.87. The van der Waals surface area contributed by atoms with Crippen LogP contribution >= 0.6 is 0 Å². The van der Waals surface area contributed by atoms with Gasteiger partial charge in [0.15, 0.2) is 17.2 Å². The van der Waals surface area contributed by atoms with Gasteiger partial charge in [-0.3, -0.25) is 4.79 Å². The average Bonchev–Trinajstić information content (AvgIpc) is 2.94. The number of carbonyl (C=O) groups excluding carboxylic acids is 1. The molecule has 0 aliphatic carbocycles. The van der Waals surface area contributed by atoms with Crippen molar-refractivity contribution in [2.45, 2.75) is 13.8 Å². The molecule has 0 saturated carbocycles. The van der Waals surface area contributed by atoms with Crippen molar-refractivity contribution in [2.75, 3.05) is 25.2 Å². The fourth-order valence-electron chi connectivity index (χ4n) is 2.86. The summed E-state index contributed by atoms with van der Waals surface area (Å²) in [6.45, 7) is 5.01. The van der Waals surface area contributed by atoms with Gasteiger partial charge in [-0.05, 0) is 43.7 Å². The van der Waals surface area contributed by atoms with E-state index >= 15 is 0 Å². The maximum Gasteiger partial charge on any atom is 0.279 e. The van der Waals surface area contributed by atoms with Gasteiger partial charge in [-0.25, -0.2) is 0 Å². The molecular weight excluding hydrogens is 330 g/mol. The van der Waals surface area contributed by atoms with Crippen LogP contribution in [-0.2, 0) is 4.79 Å². The number of ether oxygens (including phenoxy) is 2. The second-order valence-corrected chi connectivity index (χ2v) is 5.60. The number of para-hydroxylation sites is 1. The van der Waals surface area contributed by atoms with E-state index in [4.69, 9.17) is 9.47 Å². The van der Waals surface area contributed by atoms with E-state index < -0.39 is 0 Å². The first kappa shape index (κ1) is 17.7. The first-order valence-electron chi connectivity index (χ1n) is 8.52. The van der Waals surface area contributed by atoms with Gasteiger partial charge in [0, 0.05) is 12.1 Å². The number of anilines is 1. The molecule has 0 spiro atoms. The highest BCUT2D eigenvalue weighted by Gasteiger charge is 2.32. The van der Waals surface area contributed by atoms with Crippen molar-refractivity contribution < 1.29 is 14.3 Å². The van der Waals surface area contributed by atoms with Crippen LogP contribution in [0.4, 0.5) is 5.69 Å². The van der Waals surface area contributed by atoms with Crippen molar-refractivity contribution in [3.63, 3.8) is 0 Å². The molecule has 134 valence electrons. The van der Waals surface area contributed by atoms with E-state index in [9.17, 15) is 4.79 Å². The van der Waals surface area contributed by atoms with E-state index in [0.717, 1.165) is 16.8 Å². The lowest BCUT2D eigenvalue weighted by molar-refractivity contribution is -0.112. The maximum atomic E-state index is 12.5. The Labute approximate surface area is 152 Å². The molecule has 2 aromatic carbocycles. The normalized spacial score (nSPS) is 15.0. The number of amides is 1. The number of nitrogens with zero attached hydrogens (tertiary/aromatic N) is 3. The fraction of sp³-hybridized carbons (Fsp3) is 0.250. The van der Waals surface area contributed by atoms with Gasteiger partial charge in [-0.1, -0.05) is 18.2 Å². The molecule has 0 fully saturated rings. The lowest BCUT2D eigenvalue weighted by Gasteiger charge is -2.12. The van der Waals surface area contributed by atoms with Crippen LogP contribution in [-0.4, -0.2) is 38.1 Å². The third-order valence-corrected chi connectivity index (χ3v) is 4.07. The first-order valence-corrected chi connectivity index (χ1v) is 8.52. The predicted molar refractivity (Wildman–Crippen MR) is 103 cm³/mol. The molecule has 1 amide bonds. The van der Waals surface area contributed by atoms with Gasteiger partial charge in [0.2, 0.25) is 0 Å². The van der Waals surface area contributed by atoms with Crippen molar-refractivity contribution in [3.8, 4) is 11.5 Å². The monoisotopic (exact) mass is 351 g/mol. The zero-order chi connectivity index (χ0) is 18.5. The van der Waals surface area contributed by atoms with Crippen LogP contribution in [0.15, 0.2) is 52.7 Å². The highest BCUT2D eigenvalue weighted by molar-refractivity contribution is 6.54.